The molecule has 0 saturated carbocycles. The van der Waals surface area contributed by atoms with E-state index in [1.807, 2.05) is 19.3 Å². The molecule has 0 atom stereocenters. The first kappa shape index (κ1) is 14.4. The van der Waals surface area contributed by atoms with Crippen molar-refractivity contribution < 1.29 is 0 Å². The monoisotopic (exact) mass is 273 g/mol. The van der Waals surface area contributed by atoms with Crippen molar-refractivity contribution >= 4 is 11.5 Å². The predicted molar refractivity (Wildman–Crippen MR) is 82.7 cm³/mol. The Bertz CT molecular complexity index is 586. The van der Waals surface area contributed by atoms with Crippen LogP contribution in [0.5, 0.6) is 0 Å². The molecule has 2 aromatic rings. The third-order valence-electron chi connectivity index (χ3n) is 3.45. The molecule has 0 spiro atoms. The van der Waals surface area contributed by atoms with Crippen molar-refractivity contribution in [2.45, 2.75) is 39.7 Å². The van der Waals surface area contributed by atoms with Gasteiger partial charge in [0, 0.05) is 13.2 Å². The number of nitrogens with two attached hydrogens (primary N) is 1. The maximum absolute atomic E-state index is 6.17. The number of nitrogens with one attached hydrogen (secondary N) is 1. The van der Waals surface area contributed by atoms with E-state index in [1.165, 1.54) is 5.56 Å². The van der Waals surface area contributed by atoms with Crippen molar-refractivity contribution in [1.29, 1.82) is 0 Å². The molecular weight excluding hydrogens is 250 g/mol. The van der Waals surface area contributed by atoms with Gasteiger partial charge in [-0.1, -0.05) is 26.8 Å². The Kier molecular flexibility index (Phi) is 4.27. The van der Waals surface area contributed by atoms with Gasteiger partial charge in [-0.2, -0.15) is 5.10 Å². The second-order valence-corrected chi connectivity index (χ2v) is 5.24. The minimum atomic E-state index is 0.317. The Morgan fingerprint density at radius 2 is 2.15 bits per heavy atom. The molecular formula is C15H23N5. The van der Waals surface area contributed by atoms with Crippen molar-refractivity contribution in [1.82, 2.24) is 14.8 Å². The van der Waals surface area contributed by atoms with Crippen molar-refractivity contribution in [3.05, 3.63) is 35.3 Å². The summed E-state index contributed by atoms with van der Waals surface area (Å²) < 4.78 is 1.80. The van der Waals surface area contributed by atoms with Crippen molar-refractivity contribution in [2.24, 2.45) is 7.05 Å². The SMILES string of the molecule is CCc1cccnc1CNc1c(N)c(C(C)C)nn1C. The molecule has 2 aromatic heterocycles. The number of hydrogen-bond acceptors (Lipinski definition) is 4. The number of hydrogen-bond donors (Lipinski definition) is 2. The van der Waals surface area contributed by atoms with Gasteiger partial charge in [-0.3, -0.25) is 9.67 Å². The topological polar surface area (TPSA) is 68.8 Å². The van der Waals surface area contributed by atoms with E-state index >= 15 is 0 Å². The highest BCUT2D eigenvalue weighted by Crippen LogP contribution is 2.28. The van der Waals surface area contributed by atoms with E-state index in [-0.39, 0.29) is 0 Å². The third kappa shape index (κ3) is 2.76. The van der Waals surface area contributed by atoms with Crippen molar-refractivity contribution in [3.8, 4) is 0 Å². The minimum absolute atomic E-state index is 0.317. The molecule has 2 rings (SSSR count). The Balaban J connectivity index is 2.19. The lowest BCUT2D eigenvalue weighted by Crippen LogP contribution is -2.09. The van der Waals surface area contributed by atoms with E-state index in [0.29, 0.717) is 12.5 Å². The highest BCUT2D eigenvalue weighted by atomic mass is 15.3. The Hall–Kier alpha value is -2.04. The van der Waals surface area contributed by atoms with Gasteiger partial charge in [0.1, 0.15) is 5.82 Å². The number of pyridine rings is 1. The summed E-state index contributed by atoms with van der Waals surface area (Å²) >= 11 is 0. The van der Waals surface area contributed by atoms with E-state index in [4.69, 9.17) is 5.73 Å². The van der Waals surface area contributed by atoms with Crippen LogP contribution in [-0.4, -0.2) is 14.8 Å². The van der Waals surface area contributed by atoms with Crippen LogP contribution >= 0.6 is 0 Å². The zero-order valence-corrected chi connectivity index (χ0v) is 12.6. The van der Waals surface area contributed by atoms with Gasteiger partial charge in [-0.25, -0.2) is 0 Å². The van der Waals surface area contributed by atoms with Gasteiger partial charge in [0.25, 0.3) is 0 Å². The number of nitrogens with zero attached hydrogens (tertiary/aromatic N) is 3. The smallest absolute Gasteiger partial charge is 0.148 e. The molecule has 0 aliphatic heterocycles. The van der Waals surface area contributed by atoms with Crippen LogP contribution in [0.15, 0.2) is 18.3 Å². The largest absolute Gasteiger partial charge is 0.394 e. The van der Waals surface area contributed by atoms with Crippen LogP contribution in [0.2, 0.25) is 0 Å². The summed E-state index contributed by atoms with van der Waals surface area (Å²) in [5, 5.41) is 7.83. The summed E-state index contributed by atoms with van der Waals surface area (Å²) in [6.07, 6.45) is 2.80. The Morgan fingerprint density at radius 3 is 2.75 bits per heavy atom. The Labute approximate surface area is 120 Å². The van der Waals surface area contributed by atoms with E-state index < -0.39 is 0 Å². The molecule has 108 valence electrons. The number of rotatable bonds is 5. The van der Waals surface area contributed by atoms with Gasteiger partial charge in [0.15, 0.2) is 0 Å². The van der Waals surface area contributed by atoms with Crippen LogP contribution in [0, 0.1) is 0 Å². The van der Waals surface area contributed by atoms with Gasteiger partial charge >= 0.3 is 0 Å². The lowest BCUT2D eigenvalue weighted by atomic mass is 10.1. The molecule has 0 aliphatic rings. The maximum atomic E-state index is 6.17. The quantitative estimate of drug-likeness (QED) is 0.879. The fraction of sp³-hybridized carbons (Fsp3) is 0.467. The molecule has 20 heavy (non-hydrogen) atoms. The van der Waals surface area contributed by atoms with E-state index in [0.717, 1.165) is 29.3 Å². The fourth-order valence-electron chi connectivity index (χ4n) is 2.32. The average Bonchev–Trinajstić information content (AvgIpc) is 2.72. The molecule has 0 aromatic carbocycles. The summed E-state index contributed by atoms with van der Waals surface area (Å²) in [7, 11) is 1.91. The molecule has 0 fully saturated rings. The first-order chi connectivity index (χ1) is 9.54. The van der Waals surface area contributed by atoms with Crippen LogP contribution in [0.4, 0.5) is 11.5 Å². The van der Waals surface area contributed by atoms with Crippen molar-refractivity contribution in [3.63, 3.8) is 0 Å². The second kappa shape index (κ2) is 5.94. The summed E-state index contributed by atoms with van der Waals surface area (Å²) in [6, 6.07) is 4.08. The van der Waals surface area contributed by atoms with Crippen LogP contribution in [0.25, 0.3) is 0 Å². The summed E-state index contributed by atoms with van der Waals surface area (Å²) in [6.45, 7) is 6.98. The van der Waals surface area contributed by atoms with Crippen LogP contribution < -0.4 is 11.1 Å². The third-order valence-corrected chi connectivity index (χ3v) is 3.45. The minimum Gasteiger partial charge on any atom is -0.394 e. The molecule has 0 unspecified atom stereocenters. The predicted octanol–water partition coefficient (Wildman–Crippen LogP) is 2.70. The molecule has 5 nitrogen and oxygen atoms in total. The van der Waals surface area contributed by atoms with Gasteiger partial charge in [-0.05, 0) is 24.0 Å². The molecule has 0 saturated heterocycles. The lowest BCUT2D eigenvalue weighted by Gasteiger charge is -2.10. The summed E-state index contributed by atoms with van der Waals surface area (Å²) in [4.78, 5) is 4.43. The normalized spacial score (nSPS) is 11.1. The van der Waals surface area contributed by atoms with E-state index in [9.17, 15) is 0 Å². The number of aryl methyl sites for hydroxylation is 2. The zero-order chi connectivity index (χ0) is 14.7. The van der Waals surface area contributed by atoms with E-state index in [1.54, 1.807) is 4.68 Å². The zero-order valence-electron chi connectivity index (χ0n) is 12.6. The Morgan fingerprint density at radius 1 is 1.40 bits per heavy atom. The molecule has 2 heterocycles. The molecule has 0 radical (unpaired) electrons. The molecule has 0 bridgehead atoms. The van der Waals surface area contributed by atoms with E-state index in [2.05, 4.69) is 42.2 Å². The molecule has 0 aliphatic carbocycles. The molecule has 5 heteroatoms. The number of anilines is 2. The van der Waals surface area contributed by atoms with Gasteiger partial charge < -0.3 is 11.1 Å². The van der Waals surface area contributed by atoms with Crippen LogP contribution in [-0.2, 0) is 20.0 Å². The maximum Gasteiger partial charge on any atom is 0.148 e. The molecule has 3 N–H and O–H groups in total. The highest BCUT2D eigenvalue weighted by Gasteiger charge is 2.15. The fourth-order valence-corrected chi connectivity index (χ4v) is 2.32. The van der Waals surface area contributed by atoms with Crippen LogP contribution in [0.1, 0.15) is 43.6 Å². The van der Waals surface area contributed by atoms with Crippen molar-refractivity contribution in [2.75, 3.05) is 11.1 Å². The first-order valence-corrected chi connectivity index (χ1v) is 7.03. The number of nitrogen functional groups attached to an aromatic ring is 1. The summed E-state index contributed by atoms with van der Waals surface area (Å²) in [5.41, 5.74) is 10.2. The molecule has 0 amide bonds. The number of aromatic nitrogens is 3. The standard InChI is InChI=1S/C15H23N5/c1-5-11-7-6-8-17-12(11)9-18-15-13(16)14(10(2)3)19-20(15)4/h6-8,10,18H,5,9,16H2,1-4H3. The lowest BCUT2D eigenvalue weighted by molar-refractivity contribution is 0.714. The highest BCUT2D eigenvalue weighted by molar-refractivity contribution is 5.65. The van der Waals surface area contributed by atoms with Gasteiger partial charge in [0.2, 0.25) is 0 Å². The summed E-state index contributed by atoms with van der Waals surface area (Å²) in [5.74, 6) is 1.18. The first-order valence-electron chi connectivity index (χ1n) is 7.03. The van der Waals surface area contributed by atoms with Gasteiger partial charge in [0.05, 0.1) is 23.6 Å². The second-order valence-electron chi connectivity index (χ2n) is 5.24. The van der Waals surface area contributed by atoms with Crippen LogP contribution in [0.3, 0.4) is 0 Å². The van der Waals surface area contributed by atoms with Gasteiger partial charge in [-0.15, -0.1) is 0 Å². The average molecular weight is 273 g/mol.